The van der Waals surface area contributed by atoms with Crippen molar-refractivity contribution in [1.29, 1.82) is 0 Å². The fourth-order valence-electron chi connectivity index (χ4n) is 0.712. The molecule has 0 N–H and O–H groups in total. The van der Waals surface area contributed by atoms with Gasteiger partial charge >= 0.3 is 0 Å². The summed E-state index contributed by atoms with van der Waals surface area (Å²) < 4.78 is 0.885. The van der Waals surface area contributed by atoms with E-state index in [1.807, 2.05) is 12.1 Å². The molecule has 0 saturated carbocycles. The van der Waals surface area contributed by atoms with Crippen LogP contribution in [0.15, 0.2) is 18.3 Å². The van der Waals surface area contributed by atoms with E-state index in [4.69, 9.17) is 0 Å². The average molecular weight is 261 g/mol. The van der Waals surface area contributed by atoms with Crippen LogP contribution in [0.5, 0.6) is 0 Å². The van der Waals surface area contributed by atoms with Gasteiger partial charge in [0.05, 0.1) is 5.69 Å². The number of pyridine rings is 1. The first kappa shape index (κ1) is 8.64. The highest BCUT2D eigenvalue weighted by Gasteiger charge is 1.98. The summed E-state index contributed by atoms with van der Waals surface area (Å²) in [7, 11) is 0. The molecule has 0 atom stereocenters. The number of carbonyl (C=O) groups is 1. The van der Waals surface area contributed by atoms with Gasteiger partial charge in [-0.1, -0.05) is 22.6 Å². The molecule has 2 nitrogen and oxygen atoms in total. The van der Waals surface area contributed by atoms with Crippen molar-refractivity contribution in [2.75, 3.05) is 0 Å². The Hall–Kier alpha value is -0.450. The molecule has 1 rings (SSSR count). The van der Waals surface area contributed by atoms with Gasteiger partial charge in [0, 0.05) is 16.2 Å². The highest BCUT2D eigenvalue weighted by molar-refractivity contribution is 14.1. The summed E-state index contributed by atoms with van der Waals surface area (Å²) in [5.74, 6) is 0.0671. The maximum atomic E-state index is 10.8. The summed E-state index contributed by atoms with van der Waals surface area (Å²) in [5.41, 5.74) is 1.69. The Balaban J connectivity index is 2.91. The molecule has 11 heavy (non-hydrogen) atoms. The van der Waals surface area contributed by atoms with E-state index in [1.54, 1.807) is 13.1 Å². The topological polar surface area (TPSA) is 30.0 Å². The van der Waals surface area contributed by atoms with Gasteiger partial charge in [-0.05, 0) is 19.1 Å². The third-order valence-electron chi connectivity index (χ3n) is 1.37. The molecule has 0 spiro atoms. The Morgan fingerprint density at radius 2 is 2.36 bits per heavy atom. The van der Waals surface area contributed by atoms with Gasteiger partial charge in [-0.25, -0.2) is 0 Å². The van der Waals surface area contributed by atoms with Crippen LogP contribution in [0.25, 0.3) is 0 Å². The van der Waals surface area contributed by atoms with E-state index in [0.717, 1.165) is 10.1 Å². The van der Waals surface area contributed by atoms with Crippen molar-refractivity contribution in [1.82, 2.24) is 4.98 Å². The molecule has 0 radical (unpaired) electrons. The molecule has 0 unspecified atom stereocenters. The third-order valence-corrected chi connectivity index (χ3v) is 2.15. The molecule has 1 heterocycles. The molecule has 0 amide bonds. The van der Waals surface area contributed by atoms with E-state index in [2.05, 4.69) is 27.6 Å². The number of halogens is 1. The minimum absolute atomic E-state index is 0.0671. The molecule has 3 heteroatoms. The van der Waals surface area contributed by atoms with E-state index in [1.165, 1.54) is 0 Å². The number of hydrogen-bond acceptors (Lipinski definition) is 2. The van der Waals surface area contributed by atoms with Crippen molar-refractivity contribution >= 4 is 28.4 Å². The number of nitrogens with zero attached hydrogens (tertiary/aromatic N) is 1. The van der Waals surface area contributed by atoms with E-state index in [0.29, 0.717) is 5.56 Å². The molecule has 0 bridgehead atoms. The predicted molar refractivity (Wildman–Crippen MR) is 52.0 cm³/mol. The van der Waals surface area contributed by atoms with Crippen molar-refractivity contribution in [3.63, 3.8) is 0 Å². The SMILES string of the molecule is CC(=O)c1ccc(CI)nc1. The van der Waals surface area contributed by atoms with E-state index in [9.17, 15) is 4.79 Å². The first-order valence-electron chi connectivity index (χ1n) is 3.26. The molecule has 1 aromatic rings. The summed E-state index contributed by atoms with van der Waals surface area (Å²) >= 11 is 2.23. The van der Waals surface area contributed by atoms with Crippen molar-refractivity contribution in [3.8, 4) is 0 Å². The lowest BCUT2D eigenvalue weighted by Gasteiger charge is -1.95. The zero-order chi connectivity index (χ0) is 8.27. The molecule has 0 aliphatic rings. The summed E-state index contributed by atoms with van der Waals surface area (Å²) in [5, 5.41) is 0. The summed E-state index contributed by atoms with van der Waals surface area (Å²) in [6.45, 7) is 1.54. The number of aromatic nitrogens is 1. The van der Waals surface area contributed by atoms with Crippen molar-refractivity contribution in [3.05, 3.63) is 29.6 Å². The van der Waals surface area contributed by atoms with Crippen LogP contribution in [0.3, 0.4) is 0 Å². The van der Waals surface area contributed by atoms with Crippen molar-refractivity contribution in [2.24, 2.45) is 0 Å². The van der Waals surface area contributed by atoms with Gasteiger partial charge in [0.15, 0.2) is 5.78 Å². The number of Topliss-reactive ketones (excluding diaryl/α,β-unsaturated/α-hetero) is 1. The maximum Gasteiger partial charge on any atom is 0.161 e. The second-order valence-corrected chi connectivity index (χ2v) is 2.99. The number of carbonyl (C=O) groups excluding carboxylic acids is 1. The molecular weight excluding hydrogens is 253 g/mol. The summed E-state index contributed by atoms with van der Waals surface area (Å²) in [4.78, 5) is 14.9. The lowest BCUT2D eigenvalue weighted by molar-refractivity contribution is 0.101. The van der Waals surface area contributed by atoms with Crippen LogP contribution in [-0.2, 0) is 4.43 Å². The number of alkyl halides is 1. The van der Waals surface area contributed by atoms with Gasteiger partial charge in [-0.15, -0.1) is 0 Å². The monoisotopic (exact) mass is 261 g/mol. The van der Waals surface area contributed by atoms with E-state index in [-0.39, 0.29) is 5.78 Å². The molecule has 0 aliphatic heterocycles. The van der Waals surface area contributed by atoms with Gasteiger partial charge in [-0.2, -0.15) is 0 Å². The Labute approximate surface area is 79.2 Å². The zero-order valence-electron chi connectivity index (χ0n) is 6.17. The maximum absolute atomic E-state index is 10.8. The molecule has 1 aromatic heterocycles. The molecule has 0 aliphatic carbocycles. The molecule has 0 aromatic carbocycles. The quantitative estimate of drug-likeness (QED) is 0.464. The smallest absolute Gasteiger partial charge is 0.161 e. The summed E-state index contributed by atoms with van der Waals surface area (Å²) in [6, 6.07) is 3.69. The standard InChI is InChI=1S/C8H8INO/c1-6(11)7-2-3-8(4-9)10-5-7/h2-3,5H,4H2,1H3. The average Bonchev–Trinajstić information content (AvgIpc) is 2.05. The van der Waals surface area contributed by atoms with Crippen LogP contribution in [-0.4, -0.2) is 10.8 Å². The largest absolute Gasteiger partial charge is 0.294 e. The summed E-state index contributed by atoms with van der Waals surface area (Å²) in [6.07, 6.45) is 1.62. The van der Waals surface area contributed by atoms with Crippen molar-refractivity contribution < 1.29 is 4.79 Å². The highest BCUT2D eigenvalue weighted by atomic mass is 127. The van der Waals surface area contributed by atoms with Gasteiger partial charge in [-0.3, -0.25) is 9.78 Å². The van der Waals surface area contributed by atoms with Crippen LogP contribution in [0.2, 0.25) is 0 Å². The van der Waals surface area contributed by atoms with Gasteiger partial charge in [0.25, 0.3) is 0 Å². The van der Waals surface area contributed by atoms with Gasteiger partial charge in [0.2, 0.25) is 0 Å². The van der Waals surface area contributed by atoms with Crippen LogP contribution in [0.1, 0.15) is 23.0 Å². The van der Waals surface area contributed by atoms with Gasteiger partial charge in [0.1, 0.15) is 0 Å². The number of rotatable bonds is 2. The van der Waals surface area contributed by atoms with Crippen LogP contribution >= 0.6 is 22.6 Å². The second kappa shape index (κ2) is 3.80. The fraction of sp³-hybridized carbons (Fsp3) is 0.250. The van der Waals surface area contributed by atoms with Crippen molar-refractivity contribution in [2.45, 2.75) is 11.4 Å². The normalized spacial score (nSPS) is 9.64. The fourth-order valence-corrected chi connectivity index (χ4v) is 1.16. The van der Waals surface area contributed by atoms with Crippen LogP contribution in [0.4, 0.5) is 0 Å². The molecular formula is C8H8INO. The second-order valence-electron chi connectivity index (χ2n) is 2.23. The first-order chi connectivity index (χ1) is 5.24. The lowest BCUT2D eigenvalue weighted by Crippen LogP contribution is -1.93. The van der Waals surface area contributed by atoms with Crippen LogP contribution in [0, 0.1) is 0 Å². The first-order valence-corrected chi connectivity index (χ1v) is 4.78. The molecule has 0 saturated heterocycles. The zero-order valence-corrected chi connectivity index (χ0v) is 8.33. The van der Waals surface area contributed by atoms with E-state index >= 15 is 0 Å². The lowest BCUT2D eigenvalue weighted by atomic mass is 10.2. The Bertz CT molecular complexity index is 255. The molecule has 58 valence electrons. The minimum Gasteiger partial charge on any atom is -0.294 e. The Morgan fingerprint density at radius 3 is 2.73 bits per heavy atom. The van der Waals surface area contributed by atoms with Crippen LogP contribution < -0.4 is 0 Å². The van der Waals surface area contributed by atoms with E-state index < -0.39 is 0 Å². The predicted octanol–water partition coefficient (Wildman–Crippen LogP) is 2.22. The number of ketones is 1. The number of hydrogen-bond donors (Lipinski definition) is 0. The van der Waals surface area contributed by atoms with Gasteiger partial charge < -0.3 is 0 Å². The minimum atomic E-state index is 0.0671. The third kappa shape index (κ3) is 2.25. The molecule has 0 fully saturated rings. The highest BCUT2D eigenvalue weighted by Crippen LogP contribution is 2.04. The Morgan fingerprint density at radius 1 is 1.64 bits per heavy atom. The Kier molecular flexibility index (Phi) is 2.99.